The molecule has 98 valence electrons. The Morgan fingerprint density at radius 3 is 2.63 bits per heavy atom. The molecule has 1 heterocycles. The molecule has 4 heteroatoms. The van der Waals surface area contributed by atoms with Crippen LogP contribution in [0.2, 0.25) is 5.02 Å². The minimum atomic E-state index is -0.648. The molecule has 2 aromatic rings. The van der Waals surface area contributed by atoms with E-state index in [1.165, 1.54) is 12.1 Å². The second-order valence-electron chi connectivity index (χ2n) is 4.59. The van der Waals surface area contributed by atoms with Gasteiger partial charge < -0.3 is 9.84 Å². The molecule has 0 aliphatic carbocycles. The Morgan fingerprint density at radius 1 is 1.16 bits per heavy atom. The minimum Gasteiger partial charge on any atom is -0.485 e. The summed E-state index contributed by atoms with van der Waals surface area (Å²) in [6.45, 7) is 0. The van der Waals surface area contributed by atoms with Gasteiger partial charge in [-0.3, -0.25) is 0 Å². The number of hydrogen-bond donors (Lipinski definition) is 1. The zero-order chi connectivity index (χ0) is 13.4. The van der Waals surface area contributed by atoms with Crippen LogP contribution in [0.5, 0.6) is 5.75 Å². The highest BCUT2D eigenvalue weighted by Crippen LogP contribution is 2.41. The highest BCUT2D eigenvalue weighted by molar-refractivity contribution is 6.30. The smallest absolute Gasteiger partial charge is 0.128 e. The number of benzene rings is 2. The van der Waals surface area contributed by atoms with Crippen molar-refractivity contribution in [3.05, 3.63) is 64.4 Å². The first-order chi connectivity index (χ1) is 9.13. The Labute approximate surface area is 115 Å². The highest BCUT2D eigenvalue weighted by Gasteiger charge is 2.28. The summed E-state index contributed by atoms with van der Waals surface area (Å²) >= 11 is 5.84. The zero-order valence-corrected chi connectivity index (χ0v) is 10.8. The molecule has 0 amide bonds. The van der Waals surface area contributed by atoms with Gasteiger partial charge in [-0.2, -0.15) is 0 Å². The quantitative estimate of drug-likeness (QED) is 0.853. The van der Waals surface area contributed by atoms with Crippen LogP contribution >= 0.6 is 11.6 Å². The number of aliphatic hydroxyl groups excluding tert-OH is 1. The molecule has 19 heavy (non-hydrogen) atoms. The van der Waals surface area contributed by atoms with Crippen LogP contribution in [0.1, 0.15) is 29.8 Å². The highest BCUT2D eigenvalue weighted by atomic mass is 35.5. The fourth-order valence-corrected chi connectivity index (χ4v) is 2.42. The van der Waals surface area contributed by atoms with Crippen molar-refractivity contribution in [2.75, 3.05) is 0 Å². The summed E-state index contributed by atoms with van der Waals surface area (Å²) in [7, 11) is 0. The van der Waals surface area contributed by atoms with Crippen molar-refractivity contribution in [2.45, 2.75) is 18.6 Å². The van der Waals surface area contributed by atoms with Gasteiger partial charge in [0.05, 0.1) is 6.10 Å². The topological polar surface area (TPSA) is 29.5 Å². The van der Waals surface area contributed by atoms with Gasteiger partial charge in [-0.15, -0.1) is 0 Å². The van der Waals surface area contributed by atoms with Gasteiger partial charge in [-0.1, -0.05) is 23.7 Å². The molecule has 0 radical (unpaired) electrons. The van der Waals surface area contributed by atoms with E-state index >= 15 is 0 Å². The summed E-state index contributed by atoms with van der Waals surface area (Å²) in [5, 5.41) is 10.8. The number of aliphatic hydroxyl groups is 1. The van der Waals surface area contributed by atoms with Crippen molar-refractivity contribution in [1.29, 1.82) is 0 Å². The molecule has 0 aromatic heterocycles. The van der Waals surface area contributed by atoms with Crippen LogP contribution in [-0.4, -0.2) is 5.11 Å². The van der Waals surface area contributed by atoms with E-state index in [4.69, 9.17) is 16.3 Å². The second kappa shape index (κ2) is 4.83. The third kappa shape index (κ3) is 2.44. The van der Waals surface area contributed by atoms with Crippen molar-refractivity contribution in [1.82, 2.24) is 0 Å². The molecule has 2 atom stereocenters. The van der Waals surface area contributed by atoms with E-state index in [1.807, 2.05) is 12.1 Å². The van der Waals surface area contributed by atoms with Gasteiger partial charge in [0.15, 0.2) is 0 Å². The Morgan fingerprint density at radius 2 is 1.89 bits per heavy atom. The van der Waals surface area contributed by atoms with E-state index in [-0.39, 0.29) is 11.9 Å². The van der Waals surface area contributed by atoms with Crippen LogP contribution in [0.4, 0.5) is 4.39 Å². The minimum absolute atomic E-state index is 0.290. The molecule has 0 fully saturated rings. The van der Waals surface area contributed by atoms with Crippen LogP contribution in [0.3, 0.4) is 0 Å². The van der Waals surface area contributed by atoms with Gasteiger partial charge in [-0.25, -0.2) is 4.39 Å². The molecule has 2 aromatic carbocycles. The van der Waals surface area contributed by atoms with Gasteiger partial charge in [0.25, 0.3) is 0 Å². The predicted molar refractivity (Wildman–Crippen MR) is 70.8 cm³/mol. The lowest BCUT2D eigenvalue weighted by atomic mass is 9.95. The summed E-state index contributed by atoms with van der Waals surface area (Å²) in [6.07, 6.45) is -0.494. The maximum absolute atomic E-state index is 13.2. The van der Waals surface area contributed by atoms with Crippen LogP contribution in [-0.2, 0) is 0 Å². The molecule has 0 spiro atoms. The number of ether oxygens (including phenoxy) is 1. The molecular weight excluding hydrogens is 267 g/mol. The van der Waals surface area contributed by atoms with Crippen LogP contribution in [0.15, 0.2) is 42.5 Å². The van der Waals surface area contributed by atoms with Crippen LogP contribution in [0.25, 0.3) is 0 Å². The summed E-state index contributed by atoms with van der Waals surface area (Å²) in [4.78, 5) is 0. The van der Waals surface area contributed by atoms with E-state index in [9.17, 15) is 9.50 Å². The molecule has 1 aliphatic heterocycles. The monoisotopic (exact) mass is 278 g/mol. The summed E-state index contributed by atoms with van der Waals surface area (Å²) in [5.74, 6) is 0.0291. The van der Waals surface area contributed by atoms with Crippen molar-refractivity contribution in [3.8, 4) is 5.75 Å². The van der Waals surface area contributed by atoms with E-state index in [1.54, 1.807) is 18.2 Å². The van der Waals surface area contributed by atoms with Gasteiger partial charge in [0.1, 0.15) is 17.7 Å². The lowest BCUT2D eigenvalue weighted by Crippen LogP contribution is -2.19. The third-order valence-electron chi connectivity index (χ3n) is 3.28. The summed E-state index contributed by atoms with van der Waals surface area (Å²) in [5.41, 5.74) is 1.55. The third-order valence-corrected chi connectivity index (χ3v) is 3.53. The number of hydrogen-bond acceptors (Lipinski definition) is 2. The number of fused-ring (bicyclic) bond motifs is 1. The Hall–Kier alpha value is -1.58. The number of rotatable bonds is 1. The standard InChI is InChI=1S/C15H12ClFO2/c16-10-3-1-9(2-4-10)14-8-13(18)12-6-5-11(17)7-15(12)19-14/h1-7,13-14,18H,8H2/t13-,14?/m0/s1. The molecule has 0 saturated heterocycles. The molecule has 0 bridgehead atoms. The fourth-order valence-electron chi connectivity index (χ4n) is 2.30. The van der Waals surface area contributed by atoms with Gasteiger partial charge >= 0.3 is 0 Å². The average Bonchev–Trinajstić information content (AvgIpc) is 2.38. The molecule has 1 unspecified atom stereocenters. The molecule has 2 nitrogen and oxygen atoms in total. The summed E-state index contributed by atoms with van der Waals surface area (Å²) in [6, 6.07) is 11.4. The average molecular weight is 279 g/mol. The first kappa shape index (κ1) is 12.5. The van der Waals surface area contributed by atoms with Gasteiger partial charge in [0.2, 0.25) is 0 Å². The van der Waals surface area contributed by atoms with Crippen molar-refractivity contribution in [3.63, 3.8) is 0 Å². The Bertz CT molecular complexity index is 598. The van der Waals surface area contributed by atoms with E-state index in [2.05, 4.69) is 0 Å². The predicted octanol–water partition coefficient (Wildman–Crippen LogP) is 4.04. The molecule has 0 saturated carbocycles. The van der Waals surface area contributed by atoms with E-state index in [0.29, 0.717) is 22.8 Å². The van der Waals surface area contributed by atoms with E-state index < -0.39 is 6.10 Å². The normalized spacial score (nSPS) is 21.6. The van der Waals surface area contributed by atoms with Crippen LogP contribution < -0.4 is 4.74 Å². The largest absolute Gasteiger partial charge is 0.485 e. The van der Waals surface area contributed by atoms with Gasteiger partial charge in [-0.05, 0) is 29.8 Å². The maximum atomic E-state index is 13.2. The molecule has 1 N–H and O–H groups in total. The second-order valence-corrected chi connectivity index (χ2v) is 5.03. The SMILES string of the molecule is O[C@H]1CC(c2ccc(Cl)cc2)Oc2cc(F)ccc21. The zero-order valence-electron chi connectivity index (χ0n) is 10.0. The molecule has 3 rings (SSSR count). The first-order valence-corrected chi connectivity index (χ1v) is 6.41. The first-order valence-electron chi connectivity index (χ1n) is 6.03. The van der Waals surface area contributed by atoms with Gasteiger partial charge in [0, 0.05) is 23.1 Å². The van der Waals surface area contributed by atoms with Crippen molar-refractivity contribution in [2.24, 2.45) is 0 Å². The Balaban J connectivity index is 1.93. The number of halogens is 2. The Kier molecular flexibility index (Phi) is 3.17. The van der Waals surface area contributed by atoms with Crippen LogP contribution in [0, 0.1) is 5.82 Å². The lowest BCUT2D eigenvalue weighted by molar-refractivity contribution is 0.0654. The maximum Gasteiger partial charge on any atom is 0.128 e. The van der Waals surface area contributed by atoms with E-state index in [0.717, 1.165) is 5.56 Å². The van der Waals surface area contributed by atoms with Crippen molar-refractivity contribution < 1.29 is 14.2 Å². The summed E-state index contributed by atoms with van der Waals surface area (Å²) < 4.78 is 19.0. The van der Waals surface area contributed by atoms with Crippen molar-refractivity contribution >= 4 is 11.6 Å². The lowest BCUT2D eigenvalue weighted by Gasteiger charge is -2.29. The fraction of sp³-hybridized carbons (Fsp3) is 0.200. The molecule has 1 aliphatic rings. The molecular formula is C15H12ClFO2.